The fourth-order valence-electron chi connectivity index (χ4n) is 1.50. The summed E-state index contributed by atoms with van der Waals surface area (Å²) in [5.41, 5.74) is 0.592. The van der Waals surface area contributed by atoms with Crippen molar-refractivity contribution in [3.05, 3.63) is 33.8 Å². The van der Waals surface area contributed by atoms with Crippen molar-refractivity contribution in [1.29, 1.82) is 0 Å². The van der Waals surface area contributed by atoms with E-state index in [0.29, 0.717) is 5.52 Å². The molecule has 0 saturated carbocycles. The second-order valence-electron chi connectivity index (χ2n) is 3.34. The molecule has 0 radical (unpaired) electrons. The Morgan fingerprint density at radius 2 is 2.25 bits per heavy atom. The van der Waals surface area contributed by atoms with Crippen LogP contribution in [-0.4, -0.2) is 15.6 Å². The number of halogens is 1. The smallest absolute Gasteiger partial charge is 0.420 e. The van der Waals surface area contributed by atoms with Gasteiger partial charge in [-0.15, -0.1) is 0 Å². The molecule has 1 aromatic heterocycles. The molecule has 0 aliphatic rings. The third kappa shape index (κ3) is 1.49. The van der Waals surface area contributed by atoms with Crippen LogP contribution in [-0.2, 0) is 4.79 Å². The van der Waals surface area contributed by atoms with E-state index in [1.165, 1.54) is 6.92 Å². The highest BCUT2D eigenvalue weighted by Gasteiger charge is 2.21. The molecule has 0 saturated heterocycles. The van der Waals surface area contributed by atoms with Gasteiger partial charge < -0.3 is 9.52 Å². The Labute approximate surface area is 94.9 Å². The number of hydrogen-bond acceptors (Lipinski definition) is 3. The van der Waals surface area contributed by atoms with Crippen molar-refractivity contribution in [2.24, 2.45) is 0 Å². The van der Waals surface area contributed by atoms with Gasteiger partial charge in [0.15, 0.2) is 5.58 Å². The zero-order chi connectivity index (χ0) is 11.9. The molecule has 1 atom stereocenters. The predicted octanol–water partition coefficient (Wildman–Crippen LogP) is 1.89. The molecule has 0 fully saturated rings. The Morgan fingerprint density at radius 1 is 1.56 bits per heavy atom. The Morgan fingerprint density at radius 3 is 2.88 bits per heavy atom. The molecule has 5 nitrogen and oxygen atoms in total. The molecular formula is C10H8ClNO4. The highest BCUT2D eigenvalue weighted by molar-refractivity contribution is 6.34. The quantitative estimate of drug-likeness (QED) is 0.872. The van der Waals surface area contributed by atoms with Crippen LogP contribution in [0.5, 0.6) is 0 Å². The lowest BCUT2D eigenvalue weighted by Crippen LogP contribution is -2.24. The first-order valence-corrected chi connectivity index (χ1v) is 4.92. The lowest BCUT2D eigenvalue weighted by molar-refractivity contribution is -0.140. The fourth-order valence-corrected chi connectivity index (χ4v) is 1.71. The summed E-state index contributed by atoms with van der Waals surface area (Å²) in [7, 11) is 0. The molecule has 1 aromatic carbocycles. The van der Waals surface area contributed by atoms with Crippen LogP contribution < -0.4 is 5.76 Å². The molecule has 0 aliphatic heterocycles. The minimum atomic E-state index is -1.11. The van der Waals surface area contributed by atoms with Gasteiger partial charge in [0, 0.05) is 0 Å². The van der Waals surface area contributed by atoms with Crippen molar-refractivity contribution < 1.29 is 14.3 Å². The van der Waals surface area contributed by atoms with Gasteiger partial charge in [0.1, 0.15) is 6.04 Å². The van der Waals surface area contributed by atoms with E-state index in [9.17, 15) is 9.59 Å². The Kier molecular flexibility index (Phi) is 2.47. The topological polar surface area (TPSA) is 72.4 Å². The number of aromatic nitrogens is 1. The van der Waals surface area contributed by atoms with Crippen LogP contribution in [0.4, 0.5) is 0 Å². The van der Waals surface area contributed by atoms with E-state index in [-0.39, 0.29) is 10.6 Å². The summed E-state index contributed by atoms with van der Waals surface area (Å²) in [6.07, 6.45) is 0. The first kappa shape index (κ1) is 10.8. The highest BCUT2D eigenvalue weighted by Crippen LogP contribution is 2.24. The molecule has 2 rings (SSSR count). The average Bonchev–Trinajstić information content (AvgIpc) is 2.55. The molecule has 1 unspecified atom stereocenters. The van der Waals surface area contributed by atoms with Gasteiger partial charge in [-0.25, -0.2) is 9.59 Å². The summed E-state index contributed by atoms with van der Waals surface area (Å²) in [4.78, 5) is 22.4. The van der Waals surface area contributed by atoms with Crippen LogP contribution in [0.2, 0.25) is 5.02 Å². The average molecular weight is 242 g/mol. The molecule has 2 aromatic rings. The number of aliphatic carboxylic acids is 1. The van der Waals surface area contributed by atoms with E-state index in [0.717, 1.165) is 4.57 Å². The first-order chi connectivity index (χ1) is 7.52. The number of para-hydroxylation sites is 1. The largest absolute Gasteiger partial charge is 0.480 e. The number of fused-ring (bicyclic) bond motifs is 1. The Bertz CT molecular complexity index is 613. The molecule has 84 valence electrons. The van der Waals surface area contributed by atoms with E-state index in [1.807, 2.05) is 0 Å². The molecule has 0 spiro atoms. The van der Waals surface area contributed by atoms with Gasteiger partial charge >= 0.3 is 11.7 Å². The minimum absolute atomic E-state index is 0.210. The number of carboxylic acid groups (broad SMARTS) is 1. The number of hydrogen-bond donors (Lipinski definition) is 1. The number of rotatable bonds is 2. The molecule has 0 amide bonds. The molecule has 0 aliphatic carbocycles. The molecular weight excluding hydrogens is 234 g/mol. The van der Waals surface area contributed by atoms with E-state index in [4.69, 9.17) is 21.1 Å². The monoisotopic (exact) mass is 241 g/mol. The van der Waals surface area contributed by atoms with Gasteiger partial charge in [0.05, 0.1) is 10.5 Å². The number of carboxylic acids is 1. The van der Waals surface area contributed by atoms with Crippen LogP contribution in [0.15, 0.2) is 27.4 Å². The summed E-state index contributed by atoms with van der Waals surface area (Å²) in [5.74, 6) is -1.83. The van der Waals surface area contributed by atoms with Crippen molar-refractivity contribution in [2.45, 2.75) is 13.0 Å². The summed E-state index contributed by atoms with van der Waals surface area (Å²) in [6.45, 7) is 1.40. The Hall–Kier alpha value is -1.75. The highest BCUT2D eigenvalue weighted by atomic mass is 35.5. The molecule has 1 heterocycles. The van der Waals surface area contributed by atoms with E-state index >= 15 is 0 Å². The third-order valence-electron chi connectivity index (χ3n) is 2.34. The van der Waals surface area contributed by atoms with E-state index in [2.05, 4.69) is 0 Å². The van der Waals surface area contributed by atoms with Crippen LogP contribution in [0.1, 0.15) is 13.0 Å². The van der Waals surface area contributed by atoms with Gasteiger partial charge in [-0.2, -0.15) is 0 Å². The number of oxazole rings is 1. The van der Waals surface area contributed by atoms with Gasteiger partial charge in [0.2, 0.25) is 0 Å². The molecule has 6 heteroatoms. The van der Waals surface area contributed by atoms with Crippen LogP contribution in [0, 0.1) is 0 Å². The van der Waals surface area contributed by atoms with Crippen LogP contribution >= 0.6 is 11.6 Å². The van der Waals surface area contributed by atoms with E-state index in [1.54, 1.807) is 18.2 Å². The number of benzene rings is 1. The van der Waals surface area contributed by atoms with Crippen molar-refractivity contribution in [1.82, 2.24) is 4.57 Å². The summed E-state index contributed by atoms with van der Waals surface area (Å²) in [5, 5.41) is 9.16. The van der Waals surface area contributed by atoms with Crippen LogP contribution in [0.3, 0.4) is 0 Å². The van der Waals surface area contributed by atoms with Crippen molar-refractivity contribution in [3.8, 4) is 0 Å². The maximum Gasteiger partial charge on any atom is 0.420 e. The second kappa shape index (κ2) is 3.68. The zero-order valence-electron chi connectivity index (χ0n) is 8.31. The van der Waals surface area contributed by atoms with Gasteiger partial charge in [-0.05, 0) is 19.1 Å². The maximum absolute atomic E-state index is 11.5. The standard InChI is InChI=1S/C10H8ClNO4/c1-5(9(13)14)12-7-4-2-3-6(11)8(7)16-10(12)15/h2-5H,1H3,(H,13,14). The van der Waals surface area contributed by atoms with Crippen molar-refractivity contribution in [2.75, 3.05) is 0 Å². The Balaban J connectivity index is 2.80. The van der Waals surface area contributed by atoms with Crippen LogP contribution in [0.25, 0.3) is 11.1 Å². The van der Waals surface area contributed by atoms with Crippen molar-refractivity contribution in [3.63, 3.8) is 0 Å². The zero-order valence-corrected chi connectivity index (χ0v) is 9.06. The lowest BCUT2D eigenvalue weighted by Gasteiger charge is -2.06. The lowest BCUT2D eigenvalue weighted by atomic mass is 10.3. The SMILES string of the molecule is CC(C(=O)O)n1c(=O)oc2c(Cl)cccc21. The fraction of sp³-hybridized carbons (Fsp3) is 0.200. The normalized spacial score (nSPS) is 12.9. The second-order valence-corrected chi connectivity index (χ2v) is 3.75. The molecule has 1 N–H and O–H groups in total. The van der Waals surface area contributed by atoms with Gasteiger partial charge in [-0.3, -0.25) is 4.57 Å². The number of carbonyl (C=O) groups is 1. The maximum atomic E-state index is 11.5. The summed E-state index contributed by atoms with van der Waals surface area (Å²) >= 11 is 5.83. The van der Waals surface area contributed by atoms with Crippen molar-refractivity contribution >= 4 is 28.7 Å². The molecule has 0 bridgehead atoms. The van der Waals surface area contributed by atoms with E-state index < -0.39 is 17.8 Å². The third-order valence-corrected chi connectivity index (χ3v) is 2.63. The molecule has 16 heavy (non-hydrogen) atoms. The summed E-state index contributed by atoms with van der Waals surface area (Å²) < 4.78 is 5.97. The predicted molar refractivity (Wildman–Crippen MR) is 57.8 cm³/mol. The summed E-state index contributed by atoms with van der Waals surface area (Å²) in [6, 6.07) is 3.80. The van der Waals surface area contributed by atoms with Gasteiger partial charge in [0.25, 0.3) is 0 Å². The first-order valence-electron chi connectivity index (χ1n) is 4.54. The minimum Gasteiger partial charge on any atom is -0.480 e. The van der Waals surface area contributed by atoms with Gasteiger partial charge in [-0.1, -0.05) is 17.7 Å². The number of nitrogens with zero attached hydrogens (tertiary/aromatic N) is 1.